The summed E-state index contributed by atoms with van der Waals surface area (Å²) in [5, 5.41) is 2.15. The Morgan fingerprint density at radius 1 is 1.60 bits per heavy atom. The first-order chi connectivity index (χ1) is 1.91. The van der Waals surface area contributed by atoms with E-state index in [1.165, 1.54) is 0 Å². The summed E-state index contributed by atoms with van der Waals surface area (Å²) < 4.78 is 0. The predicted molar refractivity (Wildman–Crippen MR) is 32.8 cm³/mol. The van der Waals surface area contributed by atoms with Crippen molar-refractivity contribution < 1.29 is 0 Å². The quantitative estimate of drug-likeness (QED) is 0.251. The minimum Gasteiger partial charge on any atom is -0.153 e. The highest BCUT2D eigenvalue weighted by Gasteiger charge is 1.11. The van der Waals surface area contributed by atoms with Crippen LogP contribution >= 0.6 is 22.1 Å². The van der Waals surface area contributed by atoms with Gasteiger partial charge in [-0.2, -0.15) is 9.90 Å². The van der Waals surface area contributed by atoms with E-state index in [-0.39, 0.29) is 9.90 Å². The second-order valence-electron chi connectivity index (χ2n) is 0.279. The maximum Gasteiger partial charge on any atom is 0.00470 e. The third kappa shape index (κ3) is 15.1. The summed E-state index contributed by atoms with van der Waals surface area (Å²) in [6.07, 6.45) is 0. The number of hydrogen-bond donors (Lipinski definition) is 0. The summed E-state index contributed by atoms with van der Waals surface area (Å²) in [6.45, 7) is 3.14. The molecular formula is C3H5PS. The molecule has 0 aromatic carbocycles. The fourth-order valence-electron chi connectivity index (χ4n) is 0. The van der Waals surface area contributed by atoms with Crippen LogP contribution < -0.4 is 0 Å². The lowest BCUT2D eigenvalue weighted by Crippen LogP contribution is -1.12. The second kappa shape index (κ2) is 8.95. The summed E-state index contributed by atoms with van der Waals surface area (Å²) >= 11 is 4.13. The van der Waals surface area contributed by atoms with Gasteiger partial charge < -0.3 is 0 Å². The van der Waals surface area contributed by atoms with Crippen molar-refractivity contribution in [1.29, 1.82) is 0 Å². The molecule has 0 aromatic rings. The van der Waals surface area contributed by atoms with Crippen LogP contribution in [-0.4, -0.2) is 5.02 Å². The topological polar surface area (TPSA) is 0 Å². The van der Waals surface area contributed by atoms with E-state index in [1.807, 2.05) is 0 Å². The van der Waals surface area contributed by atoms with Crippen molar-refractivity contribution in [3.63, 3.8) is 0 Å². The molecule has 28 valence electrons. The molecule has 0 fully saturated rings. The Kier molecular flexibility index (Phi) is 15.9. The molecule has 0 saturated heterocycles. The van der Waals surface area contributed by atoms with Crippen LogP contribution in [0.1, 0.15) is 0 Å². The monoisotopic (exact) mass is 104 g/mol. The van der Waals surface area contributed by atoms with Gasteiger partial charge in [0.05, 0.1) is 0 Å². The summed E-state index contributed by atoms with van der Waals surface area (Å²) in [6, 6.07) is 0. The van der Waals surface area contributed by atoms with Crippen molar-refractivity contribution in [2.24, 2.45) is 0 Å². The smallest absolute Gasteiger partial charge is 0.00470 e. The summed E-state index contributed by atoms with van der Waals surface area (Å²) in [7, 11) is 0. The van der Waals surface area contributed by atoms with Crippen molar-refractivity contribution in [1.82, 2.24) is 0 Å². The maximum atomic E-state index is 4.13. The zero-order valence-corrected chi connectivity index (χ0v) is 5.05. The molecule has 0 heterocycles. The maximum absolute atomic E-state index is 4.13. The molecule has 0 aliphatic heterocycles. The van der Waals surface area contributed by atoms with Crippen LogP contribution in [0.4, 0.5) is 0 Å². The van der Waals surface area contributed by atoms with Crippen LogP contribution in [0.5, 0.6) is 0 Å². The van der Waals surface area contributed by atoms with Gasteiger partial charge in [-0.05, 0) is 18.8 Å². The predicted octanol–water partition coefficient (Wildman–Crippen LogP) is 0.984. The van der Waals surface area contributed by atoms with Crippen LogP contribution in [-0.2, 0) is 0 Å². The minimum absolute atomic E-state index is 0. The van der Waals surface area contributed by atoms with Crippen molar-refractivity contribution in [3.8, 4) is 0 Å². The lowest BCUT2D eigenvalue weighted by Gasteiger charge is -1.18. The molecule has 1 unspecified atom stereocenters. The molecule has 0 radical (unpaired) electrons. The summed E-state index contributed by atoms with van der Waals surface area (Å²) in [5.74, 6) is 0. The molecule has 0 spiro atoms. The Bertz CT molecular complexity index is 57.0. The first-order valence-corrected chi connectivity index (χ1v) is 1.22. The Balaban J connectivity index is 0. The van der Waals surface area contributed by atoms with Crippen LogP contribution in [0, 0.1) is 0 Å². The standard InChI is InChI=1S/C3H2S.H3P/c1-2-3-4;/h1H2;1H3. The Labute approximate surface area is 40.2 Å². The fraction of sp³-hybridized carbons (Fsp3) is 0. The first kappa shape index (κ1) is 8.91. The number of rotatable bonds is 0. The largest absolute Gasteiger partial charge is 0.153 e. The highest BCUT2D eigenvalue weighted by Crippen LogP contribution is 1.27. The second-order valence-corrected chi connectivity index (χ2v) is 0.483. The minimum atomic E-state index is 0. The molecule has 0 bridgehead atoms. The van der Waals surface area contributed by atoms with Gasteiger partial charge in [0, 0.05) is 5.02 Å². The normalized spacial score (nSPS) is 2.40. The van der Waals surface area contributed by atoms with E-state index in [0.29, 0.717) is 0 Å². The van der Waals surface area contributed by atoms with Gasteiger partial charge in [0.2, 0.25) is 0 Å². The van der Waals surface area contributed by atoms with E-state index in [0.717, 1.165) is 0 Å². The van der Waals surface area contributed by atoms with Gasteiger partial charge in [-0.15, -0.1) is 0 Å². The van der Waals surface area contributed by atoms with Crippen molar-refractivity contribution >= 4 is 27.1 Å². The SMILES string of the molecule is C=C=C=S.P. The van der Waals surface area contributed by atoms with Crippen molar-refractivity contribution in [2.45, 2.75) is 0 Å². The third-order valence-corrected chi connectivity index (χ3v) is 0.217. The molecule has 2 heteroatoms. The lowest BCUT2D eigenvalue weighted by atomic mass is 11.0. The fourth-order valence-corrected chi connectivity index (χ4v) is 0. The number of thiocarbonyl (C=S) groups is 1. The third-order valence-electron chi connectivity index (χ3n) is 0.0722. The lowest BCUT2D eigenvalue weighted by molar-refractivity contribution is 2.68. The van der Waals surface area contributed by atoms with Gasteiger partial charge >= 0.3 is 0 Å². The highest BCUT2D eigenvalue weighted by atomic mass is 32.1. The number of hydrogen-bond acceptors (Lipinski definition) is 1. The average Bonchev–Trinajstić information content (AvgIpc) is 1.37. The van der Waals surface area contributed by atoms with Gasteiger partial charge in [-0.3, -0.25) is 0 Å². The van der Waals surface area contributed by atoms with Gasteiger partial charge in [-0.1, -0.05) is 5.73 Å². The zero-order chi connectivity index (χ0) is 3.41. The molecule has 1 atom stereocenters. The van der Waals surface area contributed by atoms with Crippen LogP contribution in [0.2, 0.25) is 0 Å². The van der Waals surface area contributed by atoms with Gasteiger partial charge in [0.1, 0.15) is 0 Å². The first-order valence-electron chi connectivity index (χ1n) is 0.808. The Morgan fingerprint density at radius 3 is 1.80 bits per heavy atom. The van der Waals surface area contributed by atoms with Crippen LogP contribution in [0.25, 0.3) is 0 Å². The molecule has 0 saturated carbocycles. The molecule has 0 rings (SSSR count). The van der Waals surface area contributed by atoms with Crippen molar-refractivity contribution in [2.75, 3.05) is 0 Å². The molecule has 0 amide bonds. The van der Waals surface area contributed by atoms with E-state index in [4.69, 9.17) is 0 Å². The molecule has 0 nitrogen and oxygen atoms in total. The van der Waals surface area contributed by atoms with E-state index in [1.54, 1.807) is 0 Å². The van der Waals surface area contributed by atoms with E-state index in [2.05, 4.69) is 29.6 Å². The molecule has 0 aromatic heterocycles. The highest BCUT2D eigenvalue weighted by molar-refractivity contribution is 7.78. The molecule has 0 N–H and O–H groups in total. The Hall–Kier alpha value is 0.0800. The van der Waals surface area contributed by atoms with E-state index in [9.17, 15) is 0 Å². The van der Waals surface area contributed by atoms with Crippen molar-refractivity contribution in [3.05, 3.63) is 12.3 Å². The average molecular weight is 104 g/mol. The van der Waals surface area contributed by atoms with Crippen LogP contribution in [0.15, 0.2) is 12.3 Å². The Morgan fingerprint density at radius 2 is 1.80 bits per heavy atom. The molecule has 0 aliphatic carbocycles. The zero-order valence-electron chi connectivity index (χ0n) is 2.82. The van der Waals surface area contributed by atoms with Crippen LogP contribution in [0.3, 0.4) is 0 Å². The molecular weight excluding hydrogens is 99.1 g/mol. The summed E-state index contributed by atoms with van der Waals surface area (Å²) in [4.78, 5) is 0. The molecule has 5 heavy (non-hydrogen) atoms. The van der Waals surface area contributed by atoms with E-state index >= 15 is 0 Å². The van der Waals surface area contributed by atoms with Gasteiger partial charge in [0.25, 0.3) is 0 Å². The van der Waals surface area contributed by atoms with Gasteiger partial charge in [0.15, 0.2) is 0 Å². The van der Waals surface area contributed by atoms with E-state index < -0.39 is 0 Å². The summed E-state index contributed by atoms with van der Waals surface area (Å²) in [5.41, 5.74) is 2.25. The molecule has 0 aliphatic rings. The van der Waals surface area contributed by atoms with Gasteiger partial charge in [-0.25, -0.2) is 0 Å².